The van der Waals surface area contributed by atoms with Gasteiger partial charge in [0.05, 0.1) is 5.92 Å². The van der Waals surface area contributed by atoms with Crippen LogP contribution in [-0.2, 0) is 4.79 Å². The summed E-state index contributed by atoms with van der Waals surface area (Å²) in [6.45, 7) is 3.06. The average molecular weight is 190 g/mol. The molecule has 2 N–H and O–H groups in total. The van der Waals surface area contributed by atoms with Crippen molar-refractivity contribution in [3.05, 3.63) is 29.8 Å². The van der Waals surface area contributed by atoms with Gasteiger partial charge in [0.15, 0.2) is 0 Å². The lowest BCUT2D eigenvalue weighted by Crippen LogP contribution is -2.32. The molecule has 0 bridgehead atoms. The maximum atomic E-state index is 11.8. The molecule has 0 unspecified atom stereocenters. The molecule has 1 aliphatic heterocycles. The minimum Gasteiger partial charge on any atom is -0.329 e. The Hall–Kier alpha value is -1.35. The summed E-state index contributed by atoms with van der Waals surface area (Å²) < 4.78 is 0. The molecule has 0 radical (unpaired) electrons. The lowest BCUT2D eigenvalue weighted by Gasteiger charge is -2.15. The highest BCUT2D eigenvalue weighted by Gasteiger charge is 2.32. The standard InChI is InChI=1S/C11H14N2O/c1-8-9-4-2-3-5-10(9)13(7-6-12)11(8)14/h2-5,8H,6-7,12H2,1H3/t8-/m0/s1. The van der Waals surface area contributed by atoms with Crippen LogP contribution in [0.15, 0.2) is 24.3 Å². The van der Waals surface area contributed by atoms with Crippen LogP contribution in [-0.4, -0.2) is 19.0 Å². The van der Waals surface area contributed by atoms with Crippen molar-refractivity contribution in [1.82, 2.24) is 0 Å². The first-order valence-corrected chi connectivity index (χ1v) is 4.86. The Morgan fingerprint density at radius 2 is 2.14 bits per heavy atom. The molecule has 1 amide bonds. The van der Waals surface area contributed by atoms with Crippen molar-refractivity contribution in [2.24, 2.45) is 5.73 Å². The number of nitrogens with zero attached hydrogens (tertiary/aromatic N) is 1. The third kappa shape index (κ3) is 1.21. The second kappa shape index (κ2) is 3.42. The fourth-order valence-corrected chi connectivity index (χ4v) is 1.94. The van der Waals surface area contributed by atoms with Gasteiger partial charge in [-0.2, -0.15) is 0 Å². The Balaban J connectivity index is 2.42. The van der Waals surface area contributed by atoms with E-state index in [0.29, 0.717) is 13.1 Å². The summed E-state index contributed by atoms with van der Waals surface area (Å²) in [6, 6.07) is 7.91. The largest absolute Gasteiger partial charge is 0.329 e. The molecule has 1 aromatic carbocycles. The monoisotopic (exact) mass is 190 g/mol. The van der Waals surface area contributed by atoms with Gasteiger partial charge in [-0.3, -0.25) is 4.79 Å². The molecule has 3 heteroatoms. The van der Waals surface area contributed by atoms with E-state index in [2.05, 4.69) is 0 Å². The number of hydrogen-bond acceptors (Lipinski definition) is 2. The van der Waals surface area contributed by atoms with Crippen LogP contribution in [0.1, 0.15) is 18.4 Å². The third-order valence-corrected chi connectivity index (χ3v) is 2.68. The minimum absolute atomic E-state index is 0.0160. The molecule has 1 aliphatic rings. The van der Waals surface area contributed by atoms with Gasteiger partial charge in [-0.05, 0) is 18.6 Å². The van der Waals surface area contributed by atoms with Gasteiger partial charge in [0.1, 0.15) is 0 Å². The highest BCUT2D eigenvalue weighted by Crippen LogP contribution is 2.36. The van der Waals surface area contributed by atoms with Crippen LogP contribution in [0.3, 0.4) is 0 Å². The molecule has 1 heterocycles. The number of carbonyl (C=O) groups excluding carboxylic acids is 1. The molecule has 0 spiro atoms. The van der Waals surface area contributed by atoms with Crippen LogP contribution < -0.4 is 10.6 Å². The SMILES string of the molecule is C[C@@H]1C(=O)N(CCN)c2ccccc21. The Kier molecular flexibility index (Phi) is 2.25. The third-order valence-electron chi connectivity index (χ3n) is 2.68. The van der Waals surface area contributed by atoms with Gasteiger partial charge in [-0.15, -0.1) is 0 Å². The summed E-state index contributed by atoms with van der Waals surface area (Å²) in [5.74, 6) is 0.148. The van der Waals surface area contributed by atoms with Crippen molar-refractivity contribution >= 4 is 11.6 Å². The zero-order valence-corrected chi connectivity index (χ0v) is 8.23. The molecule has 0 saturated heterocycles. The summed E-state index contributed by atoms with van der Waals surface area (Å²) in [5.41, 5.74) is 7.62. The number of anilines is 1. The Bertz CT molecular complexity index is 362. The van der Waals surface area contributed by atoms with E-state index in [1.54, 1.807) is 4.90 Å². The van der Waals surface area contributed by atoms with Crippen molar-refractivity contribution in [1.29, 1.82) is 0 Å². The summed E-state index contributed by atoms with van der Waals surface area (Å²) in [6.07, 6.45) is 0. The zero-order valence-electron chi connectivity index (χ0n) is 8.23. The Morgan fingerprint density at radius 1 is 1.43 bits per heavy atom. The lowest BCUT2D eigenvalue weighted by atomic mass is 10.0. The Morgan fingerprint density at radius 3 is 2.86 bits per heavy atom. The van der Waals surface area contributed by atoms with E-state index in [9.17, 15) is 4.79 Å². The van der Waals surface area contributed by atoms with Crippen molar-refractivity contribution in [2.45, 2.75) is 12.8 Å². The van der Waals surface area contributed by atoms with E-state index in [1.807, 2.05) is 31.2 Å². The predicted molar refractivity (Wildman–Crippen MR) is 56.3 cm³/mol. The maximum absolute atomic E-state index is 11.8. The maximum Gasteiger partial charge on any atom is 0.234 e. The van der Waals surface area contributed by atoms with Crippen LogP contribution in [0.5, 0.6) is 0 Å². The molecular weight excluding hydrogens is 176 g/mol. The molecule has 0 fully saturated rings. The summed E-state index contributed by atoms with van der Waals surface area (Å²) in [7, 11) is 0. The van der Waals surface area contributed by atoms with E-state index in [1.165, 1.54) is 0 Å². The number of para-hydroxylation sites is 1. The number of nitrogens with two attached hydrogens (primary N) is 1. The lowest BCUT2D eigenvalue weighted by molar-refractivity contribution is -0.118. The summed E-state index contributed by atoms with van der Waals surface area (Å²) in [5, 5.41) is 0. The minimum atomic E-state index is -0.0160. The molecule has 74 valence electrons. The molecule has 2 rings (SSSR count). The van der Waals surface area contributed by atoms with E-state index in [-0.39, 0.29) is 11.8 Å². The molecule has 0 aliphatic carbocycles. The smallest absolute Gasteiger partial charge is 0.234 e. The van der Waals surface area contributed by atoms with Crippen molar-refractivity contribution in [3.63, 3.8) is 0 Å². The number of rotatable bonds is 2. The number of benzene rings is 1. The molecule has 14 heavy (non-hydrogen) atoms. The predicted octanol–water partition coefficient (Wildman–Crippen LogP) is 1.10. The van der Waals surface area contributed by atoms with Crippen LogP contribution in [0.2, 0.25) is 0 Å². The van der Waals surface area contributed by atoms with E-state index in [4.69, 9.17) is 5.73 Å². The van der Waals surface area contributed by atoms with E-state index in [0.717, 1.165) is 11.3 Å². The van der Waals surface area contributed by atoms with Crippen LogP contribution in [0.4, 0.5) is 5.69 Å². The second-order valence-corrected chi connectivity index (χ2v) is 3.56. The topological polar surface area (TPSA) is 46.3 Å². The van der Waals surface area contributed by atoms with Gasteiger partial charge in [0.25, 0.3) is 0 Å². The van der Waals surface area contributed by atoms with Gasteiger partial charge in [0, 0.05) is 18.8 Å². The average Bonchev–Trinajstić information content (AvgIpc) is 2.45. The Labute approximate surface area is 83.5 Å². The fraction of sp³-hybridized carbons (Fsp3) is 0.364. The molecule has 1 aromatic rings. The van der Waals surface area contributed by atoms with Crippen LogP contribution in [0.25, 0.3) is 0 Å². The molecule has 0 aromatic heterocycles. The first-order chi connectivity index (χ1) is 6.75. The molecule has 0 saturated carbocycles. The van der Waals surface area contributed by atoms with Gasteiger partial charge >= 0.3 is 0 Å². The first kappa shape index (κ1) is 9.21. The van der Waals surface area contributed by atoms with E-state index < -0.39 is 0 Å². The highest BCUT2D eigenvalue weighted by molar-refractivity contribution is 6.04. The first-order valence-electron chi connectivity index (χ1n) is 4.86. The van der Waals surface area contributed by atoms with Gasteiger partial charge in [-0.1, -0.05) is 18.2 Å². The van der Waals surface area contributed by atoms with Crippen LogP contribution >= 0.6 is 0 Å². The number of carbonyl (C=O) groups is 1. The van der Waals surface area contributed by atoms with Crippen molar-refractivity contribution < 1.29 is 4.79 Å². The molecular formula is C11H14N2O. The molecule has 3 nitrogen and oxygen atoms in total. The normalized spacial score (nSPS) is 20.0. The second-order valence-electron chi connectivity index (χ2n) is 3.56. The van der Waals surface area contributed by atoms with Gasteiger partial charge < -0.3 is 10.6 Å². The van der Waals surface area contributed by atoms with E-state index >= 15 is 0 Å². The summed E-state index contributed by atoms with van der Waals surface area (Å²) in [4.78, 5) is 13.6. The quantitative estimate of drug-likeness (QED) is 0.759. The molecule has 1 atom stereocenters. The highest BCUT2D eigenvalue weighted by atomic mass is 16.2. The van der Waals surface area contributed by atoms with Crippen LogP contribution in [0, 0.1) is 0 Å². The fourth-order valence-electron chi connectivity index (χ4n) is 1.94. The number of hydrogen-bond donors (Lipinski definition) is 1. The number of amides is 1. The van der Waals surface area contributed by atoms with Gasteiger partial charge in [-0.25, -0.2) is 0 Å². The van der Waals surface area contributed by atoms with Crippen molar-refractivity contribution in [3.8, 4) is 0 Å². The number of fused-ring (bicyclic) bond motifs is 1. The van der Waals surface area contributed by atoms with Crippen molar-refractivity contribution in [2.75, 3.05) is 18.0 Å². The summed E-state index contributed by atoms with van der Waals surface area (Å²) >= 11 is 0. The zero-order chi connectivity index (χ0) is 10.1. The van der Waals surface area contributed by atoms with Gasteiger partial charge in [0.2, 0.25) is 5.91 Å².